The molecule has 2 N–H and O–H groups in total. The Morgan fingerprint density at radius 1 is 1.47 bits per heavy atom. The second-order valence-corrected chi connectivity index (χ2v) is 4.36. The highest BCUT2D eigenvalue weighted by Crippen LogP contribution is 2.09. The van der Waals surface area contributed by atoms with E-state index in [1.165, 1.54) is 0 Å². The predicted octanol–water partition coefficient (Wildman–Crippen LogP) is 1.94. The third-order valence-corrected chi connectivity index (χ3v) is 2.77. The van der Waals surface area contributed by atoms with E-state index in [0.717, 1.165) is 24.5 Å². The third-order valence-electron chi connectivity index (χ3n) is 2.77. The van der Waals surface area contributed by atoms with Gasteiger partial charge < -0.3 is 15.4 Å². The average molecular weight is 264 g/mol. The van der Waals surface area contributed by atoms with Crippen molar-refractivity contribution in [1.82, 2.24) is 15.6 Å². The van der Waals surface area contributed by atoms with E-state index in [1.54, 1.807) is 13.3 Å². The minimum absolute atomic E-state index is 0.407. The van der Waals surface area contributed by atoms with Crippen LogP contribution in [0.15, 0.2) is 23.3 Å². The van der Waals surface area contributed by atoms with Gasteiger partial charge in [-0.3, -0.25) is 0 Å². The number of nitrogens with one attached hydrogen (secondary N) is 2. The molecule has 0 aromatic carbocycles. The quantitative estimate of drug-likeness (QED) is 0.609. The molecule has 5 heteroatoms. The van der Waals surface area contributed by atoms with E-state index in [4.69, 9.17) is 4.74 Å². The summed E-state index contributed by atoms with van der Waals surface area (Å²) in [5, 5.41) is 6.60. The molecule has 0 aliphatic heterocycles. The first-order valence-electron chi connectivity index (χ1n) is 6.73. The lowest BCUT2D eigenvalue weighted by atomic mass is 10.2. The van der Waals surface area contributed by atoms with Crippen LogP contribution in [0, 0.1) is 0 Å². The van der Waals surface area contributed by atoms with Gasteiger partial charge in [0.2, 0.25) is 5.88 Å². The topological polar surface area (TPSA) is 58.5 Å². The van der Waals surface area contributed by atoms with E-state index in [9.17, 15) is 0 Å². The van der Waals surface area contributed by atoms with Crippen molar-refractivity contribution in [2.24, 2.45) is 4.99 Å². The second kappa shape index (κ2) is 8.34. The van der Waals surface area contributed by atoms with Gasteiger partial charge in [-0.2, -0.15) is 0 Å². The molecule has 5 nitrogen and oxygen atoms in total. The highest BCUT2D eigenvalue weighted by atomic mass is 16.5. The third kappa shape index (κ3) is 5.59. The Kier molecular flexibility index (Phi) is 6.71. The summed E-state index contributed by atoms with van der Waals surface area (Å²) < 4.78 is 5.10. The van der Waals surface area contributed by atoms with Crippen LogP contribution in [-0.4, -0.2) is 30.6 Å². The maximum atomic E-state index is 5.10. The predicted molar refractivity (Wildman–Crippen MR) is 78.5 cm³/mol. The van der Waals surface area contributed by atoms with Crippen LogP contribution in [0.4, 0.5) is 0 Å². The molecule has 1 unspecified atom stereocenters. The van der Waals surface area contributed by atoms with E-state index in [1.807, 2.05) is 12.1 Å². The average Bonchev–Trinajstić information content (AvgIpc) is 2.45. The van der Waals surface area contributed by atoms with Gasteiger partial charge >= 0.3 is 0 Å². The molecule has 0 spiro atoms. The molecule has 1 rings (SSSR count). The summed E-state index contributed by atoms with van der Waals surface area (Å²) in [4.78, 5) is 8.64. The van der Waals surface area contributed by atoms with Crippen molar-refractivity contribution in [3.05, 3.63) is 23.9 Å². The highest BCUT2D eigenvalue weighted by Gasteiger charge is 2.02. The zero-order chi connectivity index (χ0) is 14.1. The number of guanidine groups is 1. The maximum absolute atomic E-state index is 5.10. The fourth-order valence-electron chi connectivity index (χ4n) is 1.49. The Bertz CT molecular complexity index is 406. The number of methoxy groups -OCH3 is 1. The molecular formula is C14H24N4O. The molecule has 1 heterocycles. The largest absolute Gasteiger partial charge is 0.481 e. The van der Waals surface area contributed by atoms with Gasteiger partial charge in [0.05, 0.1) is 13.7 Å². The van der Waals surface area contributed by atoms with Crippen LogP contribution in [0.5, 0.6) is 5.88 Å². The van der Waals surface area contributed by atoms with E-state index in [2.05, 4.69) is 41.4 Å². The molecule has 1 atom stereocenters. The van der Waals surface area contributed by atoms with Gasteiger partial charge in [-0.15, -0.1) is 0 Å². The molecule has 106 valence electrons. The van der Waals surface area contributed by atoms with Crippen molar-refractivity contribution >= 4 is 5.96 Å². The van der Waals surface area contributed by atoms with Crippen molar-refractivity contribution < 1.29 is 4.74 Å². The van der Waals surface area contributed by atoms with Crippen LogP contribution < -0.4 is 15.4 Å². The molecule has 0 aliphatic rings. The van der Waals surface area contributed by atoms with Crippen molar-refractivity contribution in [2.45, 2.75) is 39.8 Å². The van der Waals surface area contributed by atoms with Crippen molar-refractivity contribution in [3.63, 3.8) is 0 Å². The number of hydrogen-bond acceptors (Lipinski definition) is 3. The molecular weight excluding hydrogens is 240 g/mol. The lowest BCUT2D eigenvalue weighted by molar-refractivity contribution is 0.397. The maximum Gasteiger partial charge on any atom is 0.213 e. The number of aromatic nitrogens is 1. The molecule has 0 bridgehead atoms. The first-order valence-corrected chi connectivity index (χ1v) is 6.73. The molecule has 0 saturated heterocycles. The summed E-state index contributed by atoms with van der Waals surface area (Å²) in [6.07, 6.45) is 2.80. The Balaban J connectivity index is 2.67. The van der Waals surface area contributed by atoms with Crippen LogP contribution in [0.25, 0.3) is 0 Å². The number of rotatable bonds is 6. The summed E-state index contributed by atoms with van der Waals surface area (Å²) in [5.74, 6) is 1.46. The van der Waals surface area contributed by atoms with E-state index >= 15 is 0 Å². The van der Waals surface area contributed by atoms with E-state index in [0.29, 0.717) is 18.5 Å². The summed E-state index contributed by atoms with van der Waals surface area (Å²) in [7, 11) is 1.62. The van der Waals surface area contributed by atoms with Gasteiger partial charge in [0, 0.05) is 24.8 Å². The van der Waals surface area contributed by atoms with Gasteiger partial charge in [0.1, 0.15) is 0 Å². The first-order chi connectivity index (χ1) is 9.19. The van der Waals surface area contributed by atoms with Gasteiger partial charge in [-0.05, 0) is 31.9 Å². The first kappa shape index (κ1) is 15.3. The molecule has 0 fully saturated rings. The van der Waals surface area contributed by atoms with Crippen molar-refractivity contribution in [2.75, 3.05) is 13.7 Å². The molecule has 0 amide bonds. The second-order valence-electron chi connectivity index (χ2n) is 4.36. The highest BCUT2D eigenvalue weighted by molar-refractivity contribution is 5.80. The van der Waals surface area contributed by atoms with Crippen LogP contribution in [0.2, 0.25) is 0 Å². The Hall–Kier alpha value is -1.78. The molecule has 0 aliphatic carbocycles. The lowest BCUT2D eigenvalue weighted by Gasteiger charge is -2.16. The molecule has 1 aromatic rings. The smallest absolute Gasteiger partial charge is 0.213 e. The fourth-order valence-corrected chi connectivity index (χ4v) is 1.49. The molecule has 0 saturated carbocycles. The lowest BCUT2D eigenvalue weighted by Crippen LogP contribution is -2.41. The summed E-state index contributed by atoms with van der Waals surface area (Å²) in [6.45, 7) is 7.80. The molecule has 19 heavy (non-hydrogen) atoms. The summed E-state index contributed by atoms with van der Waals surface area (Å²) >= 11 is 0. The van der Waals surface area contributed by atoms with Crippen LogP contribution in [-0.2, 0) is 6.54 Å². The van der Waals surface area contributed by atoms with Crippen LogP contribution in [0.3, 0.4) is 0 Å². The Morgan fingerprint density at radius 3 is 2.89 bits per heavy atom. The molecule has 0 radical (unpaired) electrons. The number of aliphatic imine (C=N–C) groups is 1. The number of pyridine rings is 1. The Morgan fingerprint density at radius 2 is 2.26 bits per heavy atom. The number of hydrogen-bond donors (Lipinski definition) is 2. The van der Waals surface area contributed by atoms with E-state index in [-0.39, 0.29) is 0 Å². The van der Waals surface area contributed by atoms with Crippen LogP contribution in [0.1, 0.15) is 32.8 Å². The Labute approximate surface area is 115 Å². The van der Waals surface area contributed by atoms with Crippen LogP contribution >= 0.6 is 0 Å². The monoisotopic (exact) mass is 264 g/mol. The SMILES string of the molecule is CCNC(=NCc1ccnc(OC)c1)NC(C)CC. The normalized spacial score (nSPS) is 12.9. The number of ether oxygens (including phenoxy) is 1. The van der Waals surface area contributed by atoms with Gasteiger partial charge in [-0.1, -0.05) is 6.92 Å². The minimum atomic E-state index is 0.407. The van der Waals surface area contributed by atoms with Crippen molar-refractivity contribution in [3.8, 4) is 5.88 Å². The molecule has 1 aromatic heterocycles. The van der Waals surface area contributed by atoms with Gasteiger partial charge in [-0.25, -0.2) is 9.98 Å². The van der Waals surface area contributed by atoms with Gasteiger partial charge in [0.15, 0.2) is 5.96 Å². The number of nitrogens with zero attached hydrogens (tertiary/aromatic N) is 2. The zero-order valence-corrected chi connectivity index (χ0v) is 12.2. The summed E-state index contributed by atoms with van der Waals surface area (Å²) in [6, 6.07) is 4.25. The minimum Gasteiger partial charge on any atom is -0.481 e. The zero-order valence-electron chi connectivity index (χ0n) is 12.2. The van der Waals surface area contributed by atoms with E-state index < -0.39 is 0 Å². The summed E-state index contributed by atoms with van der Waals surface area (Å²) in [5.41, 5.74) is 1.08. The fraction of sp³-hybridized carbons (Fsp3) is 0.571. The van der Waals surface area contributed by atoms with Crippen molar-refractivity contribution in [1.29, 1.82) is 0 Å². The van der Waals surface area contributed by atoms with Gasteiger partial charge in [0.25, 0.3) is 0 Å². The standard InChI is InChI=1S/C14H24N4O/c1-5-11(3)18-14(15-6-2)17-10-12-7-8-16-13(9-12)19-4/h7-9,11H,5-6,10H2,1-4H3,(H2,15,17,18).